The Balaban J connectivity index is 1.35. The predicted octanol–water partition coefficient (Wildman–Crippen LogP) is 5.55. The smallest absolute Gasteiger partial charge is 0.254 e. The lowest BCUT2D eigenvalue weighted by atomic mass is 9.94. The molecule has 2 N–H and O–H groups in total. The monoisotopic (exact) mass is 540 g/mol. The van der Waals surface area contributed by atoms with E-state index in [4.69, 9.17) is 14.7 Å². The van der Waals surface area contributed by atoms with Crippen LogP contribution < -0.4 is 5.73 Å². The molecule has 0 unspecified atom stereocenters. The van der Waals surface area contributed by atoms with Gasteiger partial charge in [-0.3, -0.25) is 4.79 Å². The SMILES string of the molecule is Cc1csc([C@H]2CCCN2C(=O)c2cc(-c3ccno3)cc(-c3nnc([C@@](C)(N)Cc4ccccc4)o3)c2)n1. The predicted molar refractivity (Wildman–Crippen MR) is 147 cm³/mol. The molecule has 2 atom stereocenters. The number of benzene rings is 2. The number of hydrogen-bond acceptors (Lipinski definition) is 9. The van der Waals surface area contributed by atoms with Gasteiger partial charge in [-0.2, -0.15) is 0 Å². The summed E-state index contributed by atoms with van der Waals surface area (Å²) in [7, 11) is 0. The molecule has 6 rings (SSSR count). The van der Waals surface area contributed by atoms with E-state index < -0.39 is 5.54 Å². The van der Waals surface area contributed by atoms with Crippen LogP contribution >= 0.6 is 11.3 Å². The number of carbonyl (C=O) groups is 1. The zero-order valence-corrected chi connectivity index (χ0v) is 22.5. The quantitative estimate of drug-likeness (QED) is 0.285. The van der Waals surface area contributed by atoms with E-state index in [1.54, 1.807) is 29.7 Å². The van der Waals surface area contributed by atoms with Crippen molar-refractivity contribution in [1.29, 1.82) is 0 Å². The van der Waals surface area contributed by atoms with Crippen LogP contribution in [0.1, 0.15) is 58.3 Å². The molecule has 0 spiro atoms. The Morgan fingerprint density at radius 2 is 1.97 bits per heavy atom. The van der Waals surface area contributed by atoms with E-state index in [0.717, 1.165) is 29.1 Å². The molecule has 1 aliphatic rings. The minimum Gasteiger partial charge on any atom is -0.419 e. The molecule has 3 aromatic heterocycles. The molecule has 1 aliphatic heterocycles. The maximum absolute atomic E-state index is 13.9. The van der Waals surface area contributed by atoms with E-state index in [0.29, 0.717) is 41.3 Å². The molecule has 1 amide bonds. The van der Waals surface area contributed by atoms with Gasteiger partial charge in [-0.25, -0.2) is 4.98 Å². The summed E-state index contributed by atoms with van der Waals surface area (Å²) in [4.78, 5) is 20.4. The highest BCUT2D eigenvalue weighted by atomic mass is 32.1. The third kappa shape index (κ3) is 5.13. The Hall–Kier alpha value is -4.15. The largest absolute Gasteiger partial charge is 0.419 e. The number of aromatic nitrogens is 4. The molecule has 0 radical (unpaired) electrons. The fourth-order valence-corrected chi connectivity index (χ4v) is 5.95. The third-order valence-corrected chi connectivity index (χ3v) is 7.98. The first-order chi connectivity index (χ1) is 18.9. The normalized spacial score (nSPS) is 16.9. The lowest BCUT2D eigenvalue weighted by Crippen LogP contribution is -2.35. The van der Waals surface area contributed by atoms with Gasteiger partial charge in [-0.1, -0.05) is 35.5 Å². The fraction of sp³-hybridized carbons (Fsp3) is 0.276. The molecule has 0 aliphatic carbocycles. The van der Waals surface area contributed by atoms with Crippen LogP contribution in [0.15, 0.2) is 75.1 Å². The lowest BCUT2D eigenvalue weighted by Gasteiger charge is -2.23. The average Bonchev–Trinajstić information content (AvgIpc) is 3.74. The zero-order valence-electron chi connectivity index (χ0n) is 21.7. The van der Waals surface area contributed by atoms with Crippen molar-refractivity contribution in [1.82, 2.24) is 25.2 Å². The summed E-state index contributed by atoms with van der Waals surface area (Å²) >= 11 is 1.60. The van der Waals surface area contributed by atoms with Gasteiger partial charge in [0.2, 0.25) is 11.8 Å². The number of rotatable bonds is 7. The van der Waals surface area contributed by atoms with Crippen LogP contribution in [0.25, 0.3) is 22.8 Å². The van der Waals surface area contributed by atoms with Crippen molar-refractivity contribution in [2.24, 2.45) is 5.73 Å². The van der Waals surface area contributed by atoms with E-state index >= 15 is 0 Å². The van der Waals surface area contributed by atoms with Gasteiger partial charge in [-0.05, 0) is 56.9 Å². The Morgan fingerprint density at radius 3 is 2.72 bits per heavy atom. The number of aryl methyl sites for hydroxylation is 1. The van der Waals surface area contributed by atoms with Crippen molar-refractivity contribution in [2.45, 2.75) is 44.7 Å². The first kappa shape index (κ1) is 25.1. The van der Waals surface area contributed by atoms with Gasteiger partial charge in [0, 0.05) is 40.4 Å². The molecule has 0 saturated carbocycles. The molecule has 39 heavy (non-hydrogen) atoms. The first-order valence-electron chi connectivity index (χ1n) is 12.8. The van der Waals surface area contributed by atoms with Gasteiger partial charge in [0.15, 0.2) is 5.76 Å². The van der Waals surface area contributed by atoms with E-state index in [1.165, 1.54) is 0 Å². The molecule has 198 valence electrons. The van der Waals surface area contributed by atoms with Crippen LogP contribution in [0.2, 0.25) is 0 Å². The average molecular weight is 541 g/mol. The van der Waals surface area contributed by atoms with Gasteiger partial charge in [0.05, 0.1) is 17.8 Å². The van der Waals surface area contributed by atoms with Crippen molar-refractivity contribution in [3.8, 4) is 22.8 Å². The zero-order chi connectivity index (χ0) is 27.0. The molecule has 4 heterocycles. The van der Waals surface area contributed by atoms with E-state index in [9.17, 15) is 4.79 Å². The molecular weight excluding hydrogens is 512 g/mol. The van der Waals surface area contributed by atoms with Crippen LogP contribution in [0.4, 0.5) is 0 Å². The molecule has 9 nitrogen and oxygen atoms in total. The Kier molecular flexibility index (Phi) is 6.58. The van der Waals surface area contributed by atoms with Crippen molar-refractivity contribution >= 4 is 17.2 Å². The van der Waals surface area contributed by atoms with Crippen LogP contribution in [0.5, 0.6) is 0 Å². The number of amides is 1. The number of carbonyl (C=O) groups excluding carboxylic acids is 1. The first-order valence-corrected chi connectivity index (χ1v) is 13.7. The molecule has 1 fully saturated rings. The number of thiazole rings is 1. The van der Waals surface area contributed by atoms with E-state index in [2.05, 4.69) is 20.3 Å². The van der Waals surface area contributed by atoms with Crippen molar-refractivity contribution in [3.63, 3.8) is 0 Å². The number of likely N-dealkylation sites (tertiary alicyclic amines) is 1. The summed E-state index contributed by atoms with van der Waals surface area (Å²) in [6.45, 7) is 4.50. The third-order valence-electron chi connectivity index (χ3n) is 6.91. The molecule has 1 saturated heterocycles. The van der Waals surface area contributed by atoms with Gasteiger partial charge in [0.25, 0.3) is 5.91 Å². The highest BCUT2D eigenvalue weighted by molar-refractivity contribution is 7.09. The van der Waals surface area contributed by atoms with Crippen molar-refractivity contribution in [3.05, 3.63) is 93.9 Å². The maximum atomic E-state index is 13.9. The topological polar surface area (TPSA) is 124 Å². The van der Waals surface area contributed by atoms with Gasteiger partial charge in [-0.15, -0.1) is 21.5 Å². The second-order valence-electron chi connectivity index (χ2n) is 10.2. The highest BCUT2D eigenvalue weighted by Gasteiger charge is 2.33. The van der Waals surface area contributed by atoms with E-state index in [-0.39, 0.29) is 17.8 Å². The maximum Gasteiger partial charge on any atom is 0.254 e. The van der Waals surface area contributed by atoms with Gasteiger partial charge >= 0.3 is 0 Å². The second kappa shape index (κ2) is 10.2. The summed E-state index contributed by atoms with van der Waals surface area (Å²) in [6.07, 6.45) is 3.91. The molecule has 2 aromatic carbocycles. The van der Waals surface area contributed by atoms with Crippen LogP contribution in [0, 0.1) is 6.92 Å². The number of hydrogen-bond donors (Lipinski definition) is 1. The van der Waals surface area contributed by atoms with Gasteiger partial charge in [0.1, 0.15) is 5.01 Å². The minimum atomic E-state index is -0.873. The lowest BCUT2D eigenvalue weighted by molar-refractivity contribution is 0.0735. The number of nitrogens with two attached hydrogens (primary N) is 1. The van der Waals surface area contributed by atoms with E-state index in [1.807, 2.05) is 66.6 Å². The van der Waals surface area contributed by atoms with Crippen molar-refractivity contribution in [2.75, 3.05) is 6.54 Å². The second-order valence-corrected chi connectivity index (χ2v) is 11.0. The molecule has 5 aromatic rings. The van der Waals surface area contributed by atoms with Crippen LogP contribution in [-0.4, -0.2) is 37.7 Å². The Labute approximate surface area is 229 Å². The summed E-state index contributed by atoms with van der Waals surface area (Å²) in [5.74, 6) is 1.05. The summed E-state index contributed by atoms with van der Waals surface area (Å²) in [6, 6.07) is 17.1. The van der Waals surface area contributed by atoms with Crippen LogP contribution in [0.3, 0.4) is 0 Å². The summed E-state index contributed by atoms with van der Waals surface area (Å²) < 4.78 is 11.5. The van der Waals surface area contributed by atoms with Crippen molar-refractivity contribution < 1.29 is 13.7 Å². The van der Waals surface area contributed by atoms with Gasteiger partial charge < -0.3 is 19.6 Å². The fourth-order valence-electron chi connectivity index (χ4n) is 5.01. The Bertz CT molecular complexity index is 1590. The molecular formula is C29H28N6O3S. The molecule has 10 heteroatoms. The van der Waals surface area contributed by atoms with Crippen LogP contribution in [-0.2, 0) is 12.0 Å². The Morgan fingerprint density at radius 1 is 1.15 bits per heavy atom. The highest BCUT2D eigenvalue weighted by Crippen LogP contribution is 2.36. The molecule has 0 bridgehead atoms. The number of nitrogens with zero attached hydrogens (tertiary/aromatic N) is 5. The summed E-state index contributed by atoms with van der Waals surface area (Å²) in [5.41, 5.74) is 9.57. The minimum absolute atomic E-state index is 0.0421. The summed E-state index contributed by atoms with van der Waals surface area (Å²) in [5, 5.41) is 15.4. The standard InChI is InChI=1S/C29H28N6O3S/c1-18-17-39-26(32-18)23-9-6-12-35(23)27(36)22-14-20(24-10-11-31-38-24)13-21(15-22)25-33-34-28(37-25)29(2,30)16-19-7-4-3-5-8-19/h3-5,7-8,10-11,13-15,17,23H,6,9,12,16,30H2,1-2H3/t23-,29+/m1/s1.